The molecule has 0 aliphatic heterocycles. The minimum absolute atomic E-state index is 0.0557. The molecule has 2 rings (SSSR count). The Morgan fingerprint density at radius 1 is 1.33 bits per heavy atom. The zero-order valence-electron chi connectivity index (χ0n) is 10.3. The van der Waals surface area contributed by atoms with E-state index in [0.29, 0.717) is 22.5 Å². The molecule has 0 radical (unpaired) electrons. The Morgan fingerprint density at radius 2 is 2.11 bits per heavy atom. The fraction of sp³-hybridized carbons (Fsp3) is 0.571. The van der Waals surface area contributed by atoms with Crippen molar-refractivity contribution in [2.24, 2.45) is 11.7 Å². The average Bonchev–Trinajstić information content (AvgIpc) is 2.41. The van der Waals surface area contributed by atoms with Crippen LogP contribution in [0.2, 0.25) is 10.0 Å². The van der Waals surface area contributed by atoms with Gasteiger partial charge in [0.05, 0.1) is 10.0 Å². The summed E-state index contributed by atoms with van der Waals surface area (Å²) in [5, 5.41) is 10.5. The SMILES string of the molecule is NCC1(c2ccc(Cl)c(Cl)c2)CCCC(CO)C1. The van der Waals surface area contributed by atoms with Crippen LogP contribution in [0.1, 0.15) is 31.2 Å². The predicted octanol–water partition coefficient (Wildman–Crippen LogP) is 3.37. The third-order valence-electron chi connectivity index (χ3n) is 4.13. The zero-order valence-corrected chi connectivity index (χ0v) is 11.8. The first-order valence-electron chi connectivity index (χ1n) is 6.38. The molecule has 1 aromatic carbocycles. The third-order valence-corrected chi connectivity index (χ3v) is 4.87. The largest absolute Gasteiger partial charge is 0.396 e. The molecule has 18 heavy (non-hydrogen) atoms. The van der Waals surface area contributed by atoms with Crippen LogP contribution in [0.4, 0.5) is 0 Å². The van der Waals surface area contributed by atoms with Crippen molar-refractivity contribution in [1.29, 1.82) is 0 Å². The lowest BCUT2D eigenvalue weighted by Crippen LogP contribution is -2.40. The molecule has 1 saturated carbocycles. The first-order valence-corrected chi connectivity index (χ1v) is 7.13. The van der Waals surface area contributed by atoms with E-state index < -0.39 is 0 Å². The number of hydrogen-bond acceptors (Lipinski definition) is 2. The van der Waals surface area contributed by atoms with E-state index in [1.165, 1.54) is 0 Å². The number of nitrogens with two attached hydrogens (primary N) is 1. The molecule has 0 saturated heterocycles. The summed E-state index contributed by atoms with van der Waals surface area (Å²) in [4.78, 5) is 0. The number of hydrogen-bond donors (Lipinski definition) is 2. The molecule has 1 aliphatic rings. The molecule has 4 heteroatoms. The van der Waals surface area contributed by atoms with Gasteiger partial charge in [0.1, 0.15) is 0 Å². The summed E-state index contributed by atoms with van der Waals surface area (Å²) in [6.45, 7) is 0.824. The van der Waals surface area contributed by atoms with E-state index in [2.05, 4.69) is 0 Å². The number of aliphatic hydroxyl groups excluding tert-OH is 1. The van der Waals surface area contributed by atoms with Gasteiger partial charge in [-0.3, -0.25) is 0 Å². The molecule has 0 spiro atoms. The summed E-state index contributed by atoms with van der Waals surface area (Å²) in [5.74, 6) is 0.344. The average molecular weight is 288 g/mol. The first kappa shape index (κ1) is 14.1. The number of aliphatic hydroxyl groups is 1. The molecule has 0 bridgehead atoms. The maximum absolute atomic E-state index is 9.38. The van der Waals surface area contributed by atoms with Crippen molar-refractivity contribution in [1.82, 2.24) is 0 Å². The second kappa shape index (κ2) is 5.79. The van der Waals surface area contributed by atoms with E-state index in [1.807, 2.05) is 18.2 Å². The van der Waals surface area contributed by atoms with Crippen LogP contribution < -0.4 is 5.73 Å². The van der Waals surface area contributed by atoms with Crippen LogP contribution in [-0.4, -0.2) is 18.3 Å². The highest BCUT2D eigenvalue weighted by Crippen LogP contribution is 2.42. The Bertz CT molecular complexity index is 424. The van der Waals surface area contributed by atoms with Crippen molar-refractivity contribution in [3.8, 4) is 0 Å². The maximum atomic E-state index is 9.38. The van der Waals surface area contributed by atoms with Crippen LogP contribution >= 0.6 is 23.2 Å². The third kappa shape index (κ3) is 2.67. The van der Waals surface area contributed by atoms with E-state index in [9.17, 15) is 5.11 Å². The molecule has 0 aromatic heterocycles. The highest BCUT2D eigenvalue weighted by atomic mass is 35.5. The lowest BCUT2D eigenvalue weighted by atomic mass is 9.66. The van der Waals surface area contributed by atoms with Gasteiger partial charge in [0.25, 0.3) is 0 Å². The van der Waals surface area contributed by atoms with Gasteiger partial charge >= 0.3 is 0 Å². The number of rotatable bonds is 3. The van der Waals surface area contributed by atoms with E-state index in [-0.39, 0.29) is 12.0 Å². The predicted molar refractivity (Wildman–Crippen MR) is 76.2 cm³/mol. The van der Waals surface area contributed by atoms with Crippen molar-refractivity contribution in [3.05, 3.63) is 33.8 Å². The minimum Gasteiger partial charge on any atom is -0.396 e. The fourth-order valence-corrected chi connectivity index (χ4v) is 3.33. The Balaban J connectivity index is 2.33. The van der Waals surface area contributed by atoms with Crippen LogP contribution in [0.3, 0.4) is 0 Å². The zero-order chi connectivity index (χ0) is 13.2. The van der Waals surface area contributed by atoms with Gasteiger partial charge in [0.15, 0.2) is 0 Å². The van der Waals surface area contributed by atoms with Crippen LogP contribution in [0.25, 0.3) is 0 Å². The van der Waals surface area contributed by atoms with E-state index in [4.69, 9.17) is 28.9 Å². The van der Waals surface area contributed by atoms with Gasteiger partial charge in [-0.25, -0.2) is 0 Å². The Hall–Kier alpha value is -0.280. The highest BCUT2D eigenvalue weighted by Gasteiger charge is 2.36. The smallest absolute Gasteiger partial charge is 0.0595 e. The molecule has 1 fully saturated rings. The number of halogens is 2. The molecule has 1 aromatic rings. The number of benzene rings is 1. The molecule has 1 aliphatic carbocycles. The Morgan fingerprint density at radius 3 is 2.72 bits per heavy atom. The molecular formula is C14H19Cl2NO. The summed E-state index contributed by atoms with van der Waals surface area (Å²) in [6.07, 6.45) is 4.16. The van der Waals surface area contributed by atoms with Crippen molar-refractivity contribution in [3.63, 3.8) is 0 Å². The first-order chi connectivity index (χ1) is 8.61. The van der Waals surface area contributed by atoms with Gasteiger partial charge < -0.3 is 10.8 Å². The van der Waals surface area contributed by atoms with E-state index in [1.54, 1.807) is 0 Å². The van der Waals surface area contributed by atoms with Gasteiger partial charge in [-0.15, -0.1) is 0 Å². The second-order valence-electron chi connectivity index (χ2n) is 5.26. The van der Waals surface area contributed by atoms with E-state index >= 15 is 0 Å². The topological polar surface area (TPSA) is 46.2 Å². The van der Waals surface area contributed by atoms with Gasteiger partial charge in [-0.2, -0.15) is 0 Å². The van der Waals surface area contributed by atoms with Gasteiger partial charge in [-0.05, 0) is 42.9 Å². The maximum Gasteiger partial charge on any atom is 0.0595 e. The summed E-state index contributed by atoms with van der Waals surface area (Å²) in [5.41, 5.74) is 7.11. The summed E-state index contributed by atoms with van der Waals surface area (Å²) >= 11 is 12.1. The van der Waals surface area contributed by atoms with Crippen molar-refractivity contribution in [2.45, 2.75) is 31.1 Å². The standard InChI is InChI=1S/C14H19Cl2NO/c15-12-4-3-11(6-13(12)16)14(9-17)5-1-2-10(7-14)8-18/h3-4,6,10,18H,1-2,5,7-9,17H2. The second-order valence-corrected chi connectivity index (χ2v) is 6.07. The quantitative estimate of drug-likeness (QED) is 0.895. The van der Waals surface area contributed by atoms with Gasteiger partial charge in [0.2, 0.25) is 0 Å². The molecule has 3 N–H and O–H groups in total. The monoisotopic (exact) mass is 287 g/mol. The molecule has 2 unspecified atom stereocenters. The van der Waals surface area contributed by atoms with Crippen LogP contribution in [0, 0.1) is 5.92 Å². The van der Waals surface area contributed by atoms with Gasteiger partial charge in [-0.1, -0.05) is 35.7 Å². The molecule has 2 nitrogen and oxygen atoms in total. The lowest BCUT2D eigenvalue weighted by Gasteiger charge is -2.40. The fourth-order valence-electron chi connectivity index (χ4n) is 3.03. The van der Waals surface area contributed by atoms with E-state index in [0.717, 1.165) is 31.2 Å². The summed E-state index contributed by atoms with van der Waals surface area (Å²) in [6, 6.07) is 5.77. The van der Waals surface area contributed by atoms with Crippen molar-refractivity contribution < 1.29 is 5.11 Å². The molecule has 0 amide bonds. The normalized spacial score (nSPS) is 28.3. The molecule has 0 heterocycles. The van der Waals surface area contributed by atoms with Crippen molar-refractivity contribution in [2.75, 3.05) is 13.2 Å². The van der Waals surface area contributed by atoms with Crippen LogP contribution in [-0.2, 0) is 5.41 Å². The molecule has 2 atom stereocenters. The van der Waals surface area contributed by atoms with Crippen LogP contribution in [0.5, 0.6) is 0 Å². The lowest BCUT2D eigenvalue weighted by molar-refractivity contribution is 0.144. The molecule has 100 valence electrons. The summed E-state index contributed by atoms with van der Waals surface area (Å²) in [7, 11) is 0. The Kier molecular flexibility index (Phi) is 4.54. The van der Waals surface area contributed by atoms with Gasteiger partial charge in [0, 0.05) is 18.6 Å². The molecular weight excluding hydrogens is 269 g/mol. The van der Waals surface area contributed by atoms with Crippen molar-refractivity contribution >= 4 is 23.2 Å². The Labute approximate surface area is 118 Å². The highest BCUT2D eigenvalue weighted by molar-refractivity contribution is 6.42. The van der Waals surface area contributed by atoms with Crippen LogP contribution in [0.15, 0.2) is 18.2 Å². The minimum atomic E-state index is -0.0557. The summed E-state index contributed by atoms with van der Waals surface area (Å²) < 4.78 is 0.